The predicted octanol–water partition coefficient (Wildman–Crippen LogP) is 2.89. The van der Waals surface area contributed by atoms with Crippen molar-refractivity contribution < 1.29 is 0 Å². The molecule has 0 saturated carbocycles. The molecule has 1 rings (SSSR count). The minimum absolute atomic E-state index is 0.641. The van der Waals surface area contributed by atoms with Gasteiger partial charge in [0.25, 0.3) is 0 Å². The molecule has 0 spiro atoms. The van der Waals surface area contributed by atoms with Crippen molar-refractivity contribution in [3.05, 3.63) is 0 Å². The minimum Gasteiger partial charge on any atom is -0.320 e. The lowest BCUT2D eigenvalue weighted by atomic mass is 9.78. The van der Waals surface area contributed by atoms with E-state index in [1.165, 1.54) is 64.7 Å². The van der Waals surface area contributed by atoms with Crippen LogP contribution >= 0.6 is 0 Å². The molecule has 0 radical (unpaired) electrons. The zero-order valence-electron chi connectivity index (χ0n) is 11.5. The summed E-state index contributed by atoms with van der Waals surface area (Å²) < 4.78 is 0. The van der Waals surface area contributed by atoms with Crippen LogP contribution in [0.3, 0.4) is 0 Å². The van der Waals surface area contributed by atoms with Gasteiger partial charge in [0.15, 0.2) is 0 Å². The normalized spacial score (nSPS) is 21.2. The van der Waals surface area contributed by atoms with Crippen molar-refractivity contribution in [2.75, 3.05) is 33.2 Å². The Bertz CT molecular complexity index is 172. The molecule has 1 saturated heterocycles. The number of nitrogens with one attached hydrogen (secondary N) is 1. The zero-order valence-corrected chi connectivity index (χ0v) is 11.5. The number of nitrogens with zero attached hydrogens (tertiary/aromatic N) is 1. The van der Waals surface area contributed by atoms with Crippen LogP contribution in [0, 0.1) is 5.41 Å². The van der Waals surface area contributed by atoms with Crippen LogP contribution in [0.15, 0.2) is 0 Å². The first-order valence-corrected chi connectivity index (χ1v) is 7.07. The van der Waals surface area contributed by atoms with Crippen LogP contribution in [0.2, 0.25) is 0 Å². The second kappa shape index (κ2) is 7.29. The average molecular weight is 226 g/mol. The van der Waals surface area contributed by atoms with Gasteiger partial charge in [-0.1, -0.05) is 26.7 Å². The Balaban J connectivity index is 2.04. The van der Waals surface area contributed by atoms with Crippen LogP contribution in [0.5, 0.6) is 0 Å². The molecule has 0 amide bonds. The maximum atomic E-state index is 3.21. The van der Waals surface area contributed by atoms with Gasteiger partial charge in [-0.2, -0.15) is 0 Å². The number of rotatable bonds is 7. The Morgan fingerprint density at radius 2 is 1.81 bits per heavy atom. The first kappa shape index (κ1) is 14.0. The lowest BCUT2D eigenvalue weighted by molar-refractivity contribution is 0.113. The summed E-state index contributed by atoms with van der Waals surface area (Å²) in [6.07, 6.45) is 8.24. The monoisotopic (exact) mass is 226 g/mol. The summed E-state index contributed by atoms with van der Waals surface area (Å²) in [5, 5.41) is 3.21. The molecule has 2 nitrogen and oxygen atoms in total. The van der Waals surface area contributed by atoms with E-state index in [0.29, 0.717) is 5.41 Å². The first-order chi connectivity index (χ1) is 7.70. The standard InChI is InChI=1S/C14H30N2/c1-4-14(2)8-12-16(13-9-14)11-7-5-6-10-15-3/h15H,4-13H2,1-3H3. The summed E-state index contributed by atoms with van der Waals surface area (Å²) in [5.74, 6) is 0. The molecule has 0 aromatic carbocycles. The molecule has 16 heavy (non-hydrogen) atoms. The molecule has 1 N–H and O–H groups in total. The van der Waals surface area contributed by atoms with E-state index < -0.39 is 0 Å². The van der Waals surface area contributed by atoms with Gasteiger partial charge in [-0.05, 0) is 64.3 Å². The van der Waals surface area contributed by atoms with Gasteiger partial charge in [0.1, 0.15) is 0 Å². The van der Waals surface area contributed by atoms with Crippen molar-refractivity contribution >= 4 is 0 Å². The third kappa shape index (κ3) is 4.84. The van der Waals surface area contributed by atoms with Crippen molar-refractivity contribution in [2.24, 2.45) is 5.41 Å². The second-order valence-corrected chi connectivity index (χ2v) is 5.67. The van der Waals surface area contributed by atoms with Crippen LogP contribution in [0.1, 0.15) is 52.4 Å². The summed E-state index contributed by atoms with van der Waals surface area (Å²) in [7, 11) is 2.04. The van der Waals surface area contributed by atoms with Crippen LogP contribution in [0.25, 0.3) is 0 Å². The lowest BCUT2D eigenvalue weighted by Gasteiger charge is -2.39. The van der Waals surface area contributed by atoms with E-state index in [4.69, 9.17) is 0 Å². The van der Waals surface area contributed by atoms with Crippen molar-refractivity contribution in [1.82, 2.24) is 10.2 Å². The molecule has 1 heterocycles. The second-order valence-electron chi connectivity index (χ2n) is 5.67. The van der Waals surface area contributed by atoms with Crippen LogP contribution in [-0.4, -0.2) is 38.1 Å². The summed E-state index contributed by atoms with van der Waals surface area (Å²) in [5.41, 5.74) is 0.641. The topological polar surface area (TPSA) is 15.3 Å². The van der Waals surface area contributed by atoms with Gasteiger partial charge in [0.05, 0.1) is 0 Å². The van der Waals surface area contributed by atoms with Gasteiger partial charge in [0, 0.05) is 0 Å². The van der Waals surface area contributed by atoms with E-state index in [1.54, 1.807) is 0 Å². The van der Waals surface area contributed by atoms with Crippen molar-refractivity contribution in [1.29, 1.82) is 0 Å². The van der Waals surface area contributed by atoms with Gasteiger partial charge >= 0.3 is 0 Å². The molecule has 1 fully saturated rings. The Hall–Kier alpha value is -0.0800. The highest BCUT2D eigenvalue weighted by Gasteiger charge is 2.27. The molecule has 0 aliphatic carbocycles. The molecule has 0 bridgehead atoms. The fraction of sp³-hybridized carbons (Fsp3) is 1.00. The molecule has 0 aromatic heterocycles. The maximum Gasteiger partial charge on any atom is -0.00135 e. The van der Waals surface area contributed by atoms with Gasteiger partial charge in [0.2, 0.25) is 0 Å². The van der Waals surface area contributed by atoms with Gasteiger partial charge in [-0.15, -0.1) is 0 Å². The van der Waals surface area contributed by atoms with E-state index in [9.17, 15) is 0 Å². The van der Waals surface area contributed by atoms with Crippen LogP contribution in [-0.2, 0) is 0 Å². The Kier molecular flexibility index (Phi) is 6.37. The number of hydrogen-bond acceptors (Lipinski definition) is 2. The number of unbranched alkanes of at least 4 members (excludes halogenated alkanes) is 2. The van der Waals surface area contributed by atoms with Crippen molar-refractivity contribution in [3.8, 4) is 0 Å². The summed E-state index contributed by atoms with van der Waals surface area (Å²) >= 11 is 0. The smallest absolute Gasteiger partial charge is 0.00135 e. The fourth-order valence-corrected chi connectivity index (χ4v) is 2.48. The molecule has 0 unspecified atom stereocenters. The maximum absolute atomic E-state index is 3.21. The summed E-state index contributed by atoms with van der Waals surface area (Å²) in [4.78, 5) is 2.66. The third-order valence-corrected chi connectivity index (χ3v) is 4.32. The summed E-state index contributed by atoms with van der Waals surface area (Å²) in [6.45, 7) is 9.95. The molecular formula is C14H30N2. The van der Waals surface area contributed by atoms with E-state index in [0.717, 1.165) is 0 Å². The fourth-order valence-electron chi connectivity index (χ4n) is 2.48. The molecule has 1 aliphatic heterocycles. The highest BCUT2D eigenvalue weighted by atomic mass is 15.1. The number of hydrogen-bond donors (Lipinski definition) is 1. The molecule has 96 valence electrons. The quantitative estimate of drug-likeness (QED) is 0.672. The predicted molar refractivity (Wildman–Crippen MR) is 71.8 cm³/mol. The van der Waals surface area contributed by atoms with Gasteiger partial charge in [-0.3, -0.25) is 0 Å². The van der Waals surface area contributed by atoms with Crippen LogP contribution in [0.4, 0.5) is 0 Å². The van der Waals surface area contributed by atoms with E-state index in [2.05, 4.69) is 24.1 Å². The summed E-state index contributed by atoms with van der Waals surface area (Å²) in [6, 6.07) is 0. The van der Waals surface area contributed by atoms with Crippen LogP contribution < -0.4 is 5.32 Å². The Morgan fingerprint density at radius 1 is 1.12 bits per heavy atom. The molecule has 1 aliphatic rings. The zero-order chi connectivity index (χ0) is 11.9. The molecular weight excluding hydrogens is 196 g/mol. The van der Waals surface area contributed by atoms with Gasteiger partial charge < -0.3 is 10.2 Å². The highest BCUT2D eigenvalue weighted by Crippen LogP contribution is 2.33. The molecule has 0 aromatic rings. The van der Waals surface area contributed by atoms with E-state index in [-0.39, 0.29) is 0 Å². The Morgan fingerprint density at radius 3 is 2.38 bits per heavy atom. The molecule has 0 atom stereocenters. The van der Waals surface area contributed by atoms with Gasteiger partial charge in [-0.25, -0.2) is 0 Å². The average Bonchev–Trinajstić information content (AvgIpc) is 2.31. The number of likely N-dealkylation sites (tertiary alicyclic amines) is 1. The first-order valence-electron chi connectivity index (χ1n) is 7.07. The van der Waals surface area contributed by atoms with E-state index >= 15 is 0 Å². The largest absolute Gasteiger partial charge is 0.320 e. The SMILES string of the molecule is CCC1(C)CCN(CCCCCNC)CC1. The highest BCUT2D eigenvalue weighted by molar-refractivity contribution is 4.81. The van der Waals surface area contributed by atoms with Crippen molar-refractivity contribution in [2.45, 2.75) is 52.4 Å². The minimum atomic E-state index is 0.641. The van der Waals surface area contributed by atoms with Crippen molar-refractivity contribution in [3.63, 3.8) is 0 Å². The Labute approximate surface area is 102 Å². The number of piperidine rings is 1. The van der Waals surface area contributed by atoms with E-state index in [1.807, 2.05) is 7.05 Å². The lowest BCUT2D eigenvalue weighted by Crippen LogP contribution is -2.38. The molecule has 2 heteroatoms. The third-order valence-electron chi connectivity index (χ3n) is 4.32.